The molecule has 0 saturated carbocycles. The zero-order valence-corrected chi connectivity index (χ0v) is 17.2. The molecule has 0 bridgehead atoms. The first-order chi connectivity index (χ1) is 14.2. The van der Waals surface area contributed by atoms with Crippen molar-refractivity contribution in [3.8, 4) is 11.5 Å². The van der Waals surface area contributed by atoms with Crippen molar-refractivity contribution >= 4 is 24.0 Å². The van der Waals surface area contributed by atoms with Crippen LogP contribution in [0, 0.1) is 6.92 Å². The monoisotopic (exact) mass is 410 g/mol. The lowest BCUT2D eigenvalue weighted by Crippen LogP contribution is -2.41. The second kappa shape index (κ2) is 8.41. The molecule has 7 nitrogen and oxygen atoms in total. The molecule has 156 valence electrons. The molecule has 0 spiro atoms. The van der Waals surface area contributed by atoms with Gasteiger partial charge in [0, 0.05) is 13.8 Å². The van der Waals surface area contributed by atoms with Crippen LogP contribution in [0.3, 0.4) is 0 Å². The Kier molecular flexibility index (Phi) is 5.91. The number of rotatable bonds is 5. The maximum Gasteiger partial charge on any atom is 0.348 e. The molecule has 1 aliphatic rings. The highest BCUT2D eigenvalue weighted by molar-refractivity contribution is 6.18. The van der Waals surface area contributed by atoms with Gasteiger partial charge in [-0.3, -0.25) is 0 Å². The lowest BCUT2D eigenvalue weighted by atomic mass is 10.1. The standard InChI is InChI=1S/C23H22O7/c1-5-27-19-13-15(12-17-21(25)29-23(3,4)30-22(17)26)9-10-18(19)28-20(24)16-8-6-7-14(2)11-16/h6-13H,5H2,1-4H3. The fourth-order valence-electron chi connectivity index (χ4n) is 2.84. The summed E-state index contributed by atoms with van der Waals surface area (Å²) in [5.74, 6) is -2.86. The molecule has 1 heterocycles. The average molecular weight is 410 g/mol. The Morgan fingerprint density at radius 3 is 2.37 bits per heavy atom. The van der Waals surface area contributed by atoms with Crippen LogP contribution in [0.2, 0.25) is 0 Å². The van der Waals surface area contributed by atoms with E-state index in [1.54, 1.807) is 37.3 Å². The van der Waals surface area contributed by atoms with Gasteiger partial charge in [-0.1, -0.05) is 23.8 Å². The highest BCUT2D eigenvalue weighted by Gasteiger charge is 2.38. The fourth-order valence-corrected chi connectivity index (χ4v) is 2.84. The van der Waals surface area contributed by atoms with Gasteiger partial charge in [-0.2, -0.15) is 0 Å². The van der Waals surface area contributed by atoms with Crippen LogP contribution in [0.15, 0.2) is 48.0 Å². The first-order valence-electron chi connectivity index (χ1n) is 9.42. The normalized spacial score (nSPS) is 15.1. The van der Waals surface area contributed by atoms with Crippen molar-refractivity contribution in [3.63, 3.8) is 0 Å². The van der Waals surface area contributed by atoms with E-state index >= 15 is 0 Å². The molecule has 2 aromatic rings. The number of hydrogen-bond acceptors (Lipinski definition) is 7. The zero-order chi connectivity index (χ0) is 21.9. The van der Waals surface area contributed by atoms with Crippen molar-refractivity contribution < 1.29 is 33.3 Å². The fraction of sp³-hybridized carbons (Fsp3) is 0.261. The molecule has 0 radical (unpaired) electrons. The minimum atomic E-state index is -1.31. The number of cyclic esters (lactones) is 2. The van der Waals surface area contributed by atoms with Crippen LogP contribution in [0.4, 0.5) is 0 Å². The number of hydrogen-bond donors (Lipinski definition) is 0. The number of esters is 3. The third-order valence-corrected chi connectivity index (χ3v) is 4.15. The second-order valence-corrected chi connectivity index (χ2v) is 7.14. The number of carbonyl (C=O) groups is 3. The molecule has 1 fully saturated rings. The molecule has 0 atom stereocenters. The van der Waals surface area contributed by atoms with Crippen LogP contribution in [0.5, 0.6) is 11.5 Å². The predicted molar refractivity (Wildman–Crippen MR) is 108 cm³/mol. The van der Waals surface area contributed by atoms with Gasteiger partial charge in [0.2, 0.25) is 0 Å². The second-order valence-electron chi connectivity index (χ2n) is 7.14. The summed E-state index contributed by atoms with van der Waals surface area (Å²) in [5.41, 5.74) is 1.60. The molecule has 0 N–H and O–H groups in total. The summed E-state index contributed by atoms with van der Waals surface area (Å²) in [6.07, 6.45) is 1.34. The van der Waals surface area contributed by atoms with Crippen LogP contribution < -0.4 is 9.47 Å². The van der Waals surface area contributed by atoms with Crippen LogP contribution in [-0.2, 0) is 19.1 Å². The minimum absolute atomic E-state index is 0.223. The van der Waals surface area contributed by atoms with E-state index < -0.39 is 23.7 Å². The van der Waals surface area contributed by atoms with Gasteiger partial charge in [0.05, 0.1) is 12.2 Å². The quantitative estimate of drug-likeness (QED) is 0.320. The maximum absolute atomic E-state index is 12.5. The Labute approximate surface area is 174 Å². The maximum atomic E-state index is 12.5. The van der Waals surface area contributed by atoms with E-state index in [1.165, 1.54) is 26.0 Å². The molecule has 1 aliphatic heterocycles. The van der Waals surface area contributed by atoms with Crippen molar-refractivity contribution in [2.45, 2.75) is 33.5 Å². The molecule has 0 amide bonds. The Hall–Kier alpha value is -3.61. The third kappa shape index (κ3) is 4.86. The van der Waals surface area contributed by atoms with Gasteiger partial charge >= 0.3 is 17.9 Å². The molecule has 7 heteroatoms. The zero-order valence-electron chi connectivity index (χ0n) is 17.2. The number of benzene rings is 2. The number of aryl methyl sites for hydroxylation is 1. The molecule has 0 aliphatic carbocycles. The predicted octanol–water partition coefficient (Wildman–Crippen LogP) is 3.83. The third-order valence-electron chi connectivity index (χ3n) is 4.15. The molecular formula is C23H22O7. The average Bonchev–Trinajstić information content (AvgIpc) is 2.66. The summed E-state index contributed by atoms with van der Waals surface area (Å²) >= 11 is 0. The van der Waals surface area contributed by atoms with Crippen LogP contribution in [0.25, 0.3) is 6.08 Å². The lowest BCUT2D eigenvalue weighted by molar-refractivity contribution is -0.222. The summed E-state index contributed by atoms with van der Waals surface area (Å²) in [4.78, 5) is 36.7. The molecule has 0 unspecified atom stereocenters. The summed E-state index contributed by atoms with van der Waals surface area (Å²) in [6.45, 7) is 6.95. The molecule has 0 aromatic heterocycles. The lowest BCUT2D eigenvalue weighted by Gasteiger charge is -2.29. The van der Waals surface area contributed by atoms with Crippen LogP contribution in [-0.4, -0.2) is 30.3 Å². The Morgan fingerprint density at radius 2 is 1.73 bits per heavy atom. The summed E-state index contributed by atoms with van der Waals surface area (Å²) in [7, 11) is 0. The van der Waals surface area contributed by atoms with Crippen LogP contribution >= 0.6 is 0 Å². The summed E-state index contributed by atoms with van der Waals surface area (Å²) < 4.78 is 21.2. The van der Waals surface area contributed by atoms with Gasteiger partial charge in [-0.05, 0) is 49.8 Å². The smallest absolute Gasteiger partial charge is 0.348 e. The van der Waals surface area contributed by atoms with Gasteiger partial charge in [-0.15, -0.1) is 0 Å². The molecular weight excluding hydrogens is 388 g/mol. The topological polar surface area (TPSA) is 88.1 Å². The van der Waals surface area contributed by atoms with E-state index in [2.05, 4.69) is 0 Å². The van der Waals surface area contributed by atoms with Crippen molar-refractivity contribution in [3.05, 3.63) is 64.7 Å². The molecule has 1 saturated heterocycles. The minimum Gasteiger partial charge on any atom is -0.490 e. The van der Waals surface area contributed by atoms with Crippen molar-refractivity contribution in [2.24, 2.45) is 0 Å². The number of carbonyl (C=O) groups excluding carboxylic acids is 3. The summed E-state index contributed by atoms with van der Waals surface area (Å²) in [6, 6.07) is 11.7. The highest BCUT2D eigenvalue weighted by Crippen LogP contribution is 2.31. The van der Waals surface area contributed by atoms with E-state index in [0.717, 1.165) is 5.56 Å². The van der Waals surface area contributed by atoms with Gasteiger partial charge in [0.1, 0.15) is 5.57 Å². The van der Waals surface area contributed by atoms with E-state index in [0.29, 0.717) is 23.5 Å². The van der Waals surface area contributed by atoms with Gasteiger partial charge in [-0.25, -0.2) is 14.4 Å². The van der Waals surface area contributed by atoms with Gasteiger partial charge in [0.25, 0.3) is 5.79 Å². The SMILES string of the molecule is CCOc1cc(C=C2C(=O)OC(C)(C)OC2=O)ccc1OC(=O)c1cccc(C)c1. The van der Waals surface area contributed by atoms with Gasteiger partial charge < -0.3 is 18.9 Å². The Balaban J connectivity index is 1.87. The van der Waals surface area contributed by atoms with E-state index in [1.807, 2.05) is 13.0 Å². The van der Waals surface area contributed by atoms with Crippen molar-refractivity contribution in [1.82, 2.24) is 0 Å². The largest absolute Gasteiger partial charge is 0.490 e. The summed E-state index contributed by atoms with van der Waals surface area (Å²) in [5, 5.41) is 0. The Bertz CT molecular complexity index is 1010. The van der Waals surface area contributed by atoms with Crippen LogP contribution in [0.1, 0.15) is 42.3 Å². The molecule has 2 aromatic carbocycles. The highest BCUT2D eigenvalue weighted by atomic mass is 16.7. The van der Waals surface area contributed by atoms with E-state index in [4.69, 9.17) is 18.9 Å². The van der Waals surface area contributed by atoms with Gasteiger partial charge in [0.15, 0.2) is 11.5 Å². The van der Waals surface area contributed by atoms with Crippen molar-refractivity contribution in [2.75, 3.05) is 6.61 Å². The molecule has 3 rings (SSSR count). The van der Waals surface area contributed by atoms with E-state index in [-0.39, 0.29) is 11.3 Å². The Morgan fingerprint density at radius 1 is 1.03 bits per heavy atom. The first kappa shape index (κ1) is 21.1. The molecule has 30 heavy (non-hydrogen) atoms. The number of ether oxygens (including phenoxy) is 4. The van der Waals surface area contributed by atoms with Crippen molar-refractivity contribution in [1.29, 1.82) is 0 Å². The first-order valence-corrected chi connectivity index (χ1v) is 9.42. The van der Waals surface area contributed by atoms with E-state index in [9.17, 15) is 14.4 Å².